The van der Waals surface area contributed by atoms with E-state index in [4.69, 9.17) is 11.6 Å². The van der Waals surface area contributed by atoms with Gasteiger partial charge in [-0.1, -0.05) is 47.5 Å². The SMILES string of the molecule is CC[N+](CC)(CC(=O)Nc1c(C)cc(C)cc1C)Cc1ccccc1Cl.[Br-]. The molecule has 0 atom stereocenters. The molecule has 0 saturated heterocycles. The zero-order chi connectivity index (χ0) is 19.3. The number of quaternary nitrogens is 1. The molecule has 2 aromatic rings. The summed E-state index contributed by atoms with van der Waals surface area (Å²) in [5.41, 5.74) is 5.45. The minimum absolute atomic E-state index is 0. The van der Waals surface area contributed by atoms with Crippen molar-refractivity contribution >= 4 is 23.2 Å². The van der Waals surface area contributed by atoms with Crippen LogP contribution in [0.1, 0.15) is 36.1 Å². The summed E-state index contributed by atoms with van der Waals surface area (Å²) in [7, 11) is 0. The Morgan fingerprint density at radius 1 is 1.04 bits per heavy atom. The average molecular weight is 454 g/mol. The normalized spacial score (nSPS) is 11.0. The zero-order valence-electron chi connectivity index (χ0n) is 16.9. The van der Waals surface area contributed by atoms with Crippen molar-refractivity contribution in [2.45, 2.75) is 41.2 Å². The molecule has 0 aliphatic carbocycles. The molecular weight excluding hydrogens is 424 g/mol. The Morgan fingerprint density at radius 2 is 1.59 bits per heavy atom. The monoisotopic (exact) mass is 452 g/mol. The van der Waals surface area contributed by atoms with Crippen LogP contribution < -0.4 is 22.3 Å². The predicted octanol–water partition coefficient (Wildman–Crippen LogP) is 2.26. The number of nitrogens with one attached hydrogen (secondary N) is 1. The fourth-order valence-electron chi connectivity index (χ4n) is 3.58. The summed E-state index contributed by atoms with van der Waals surface area (Å²) in [6.45, 7) is 13.4. The van der Waals surface area contributed by atoms with Crippen molar-refractivity contribution in [3.05, 3.63) is 63.7 Å². The van der Waals surface area contributed by atoms with E-state index in [1.165, 1.54) is 5.56 Å². The lowest BCUT2D eigenvalue weighted by Crippen LogP contribution is -3.00. The van der Waals surface area contributed by atoms with Gasteiger partial charge in [0, 0.05) is 16.3 Å². The van der Waals surface area contributed by atoms with Crippen LogP contribution in [0.3, 0.4) is 0 Å². The van der Waals surface area contributed by atoms with Crippen molar-refractivity contribution < 1.29 is 26.3 Å². The van der Waals surface area contributed by atoms with E-state index in [1.807, 2.05) is 38.1 Å². The van der Waals surface area contributed by atoms with Gasteiger partial charge < -0.3 is 26.8 Å². The van der Waals surface area contributed by atoms with Crippen molar-refractivity contribution in [2.24, 2.45) is 0 Å². The number of aryl methyl sites for hydroxylation is 3. The fraction of sp³-hybridized carbons (Fsp3) is 0.409. The first-order valence-corrected chi connectivity index (χ1v) is 9.64. The summed E-state index contributed by atoms with van der Waals surface area (Å²) >= 11 is 6.36. The Hall–Kier alpha value is -1.36. The molecule has 5 heteroatoms. The molecule has 148 valence electrons. The molecule has 0 unspecified atom stereocenters. The minimum Gasteiger partial charge on any atom is -1.00 e. The molecule has 0 heterocycles. The maximum absolute atomic E-state index is 12.9. The molecule has 0 radical (unpaired) electrons. The molecule has 2 rings (SSSR count). The number of rotatable bonds is 7. The van der Waals surface area contributed by atoms with E-state index in [0.29, 0.717) is 11.0 Å². The lowest BCUT2D eigenvalue weighted by molar-refractivity contribution is -0.930. The van der Waals surface area contributed by atoms with Crippen LogP contribution in [0.4, 0.5) is 5.69 Å². The standard InChI is InChI=1S/C22H29ClN2O.BrH/c1-6-25(7-2,14-19-10-8-9-11-20(19)23)15-21(26)24-22-17(4)12-16(3)13-18(22)5;/h8-13H,6-7,14-15H2,1-5H3;1H. The zero-order valence-corrected chi connectivity index (χ0v) is 19.2. The van der Waals surface area contributed by atoms with Crippen LogP contribution in [0.15, 0.2) is 36.4 Å². The lowest BCUT2D eigenvalue weighted by Gasteiger charge is -2.36. The van der Waals surface area contributed by atoms with Crippen molar-refractivity contribution in [3.63, 3.8) is 0 Å². The number of anilines is 1. The highest BCUT2D eigenvalue weighted by molar-refractivity contribution is 6.31. The number of halogens is 2. The number of nitrogens with zero attached hydrogens (tertiary/aromatic N) is 1. The van der Waals surface area contributed by atoms with Crippen molar-refractivity contribution in [1.29, 1.82) is 0 Å². The van der Waals surface area contributed by atoms with Gasteiger partial charge in [-0.15, -0.1) is 0 Å². The highest BCUT2D eigenvalue weighted by Gasteiger charge is 2.28. The topological polar surface area (TPSA) is 29.1 Å². The second-order valence-corrected chi connectivity index (χ2v) is 7.61. The summed E-state index contributed by atoms with van der Waals surface area (Å²) in [6.07, 6.45) is 0. The number of hydrogen-bond donors (Lipinski definition) is 1. The van der Waals surface area contributed by atoms with Gasteiger partial charge in [0.05, 0.1) is 13.1 Å². The van der Waals surface area contributed by atoms with Gasteiger partial charge in [-0.25, -0.2) is 0 Å². The predicted molar refractivity (Wildman–Crippen MR) is 111 cm³/mol. The Kier molecular flexibility index (Phi) is 9.00. The summed E-state index contributed by atoms with van der Waals surface area (Å²) < 4.78 is 0.680. The first kappa shape index (κ1) is 23.7. The van der Waals surface area contributed by atoms with E-state index in [1.54, 1.807) is 0 Å². The van der Waals surface area contributed by atoms with Crippen molar-refractivity contribution in [2.75, 3.05) is 25.0 Å². The smallest absolute Gasteiger partial charge is 0.279 e. The molecule has 27 heavy (non-hydrogen) atoms. The number of hydrogen-bond acceptors (Lipinski definition) is 1. The lowest BCUT2D eigenvalue weighted by atomic mass is 10.0. The number of carbonyl (C=O) groups excluding carboxylic acids is 1. The summed E-state index contributed by atoms with van der Waals surface area (Å²) in [5, 5.41) is 3.91. The van der Waals surface area contributed by atoms with Crippen LogP contribution in [-0.2, 0) is 11.3 Å². The highest BCUT2D eigenvalue weighted by atomic mass is 79.9. The Morgan fingerprint density at radius 3 is 2.11 bits per heavy atom. The van der Waals surface area contributed by atoms with Crippen LogP contribution >= 0.6 is 11.6 Å². The Labute approximate surface area is 179 Å². The largest absolute Gasteiger partial charge is 1.00 e. The third-order valence-electron chi connectivity index (χ3n) is 5.23. The van der Waals surface area contributed by atoms with Gasteiger partial charge in [-0.05, 0) is 51.8 Å². The van der Waals surface area contributed by atoms with E-state index < -0.39 is 0 Å². The molecular formula is C22H30BrClN2O. The van der Waals surface area contributed by atoms with Crippen LogP contribution in [0.25, 0.3) is 0 Å². The molecule has 0 aliphatic rings. The van der Waals surface area contributed by atoms with Crippen LogP contribution in [-0.4, -0.2) is 30.0 Å². The van der Waals surface area contributed by atoms with Gasteiger partial charge in [-0.3, -0.25) is 4.79 Å². The van der Waals surface area contributed by atoms with Gasteiger partial charge in [0.2, 0.25) is 0 Å². The van der Waals surface area contributed by atoms with Gasteiger partial charge >= 0.3 is 0 Å². The maximum atomic E-state index is 12.9. The molecule has 0 aliphatic heterocycles. The molecule has 0 bridgehead atoms. The quantitative estimate of drug-likeness (QED) is 0.640. The van der Waals surface area contributed by atoms with E-state index >= 15 is 0 Å². The molecule has 2 aromatic carbocycles. The molecule has 0 spiro atoms. The summed E-state index contributed by atoms with van der Waals surface area (Å²) in [6, 6.07) is 12.1. The van der Waals surface area contributed by atoms with E-state index in [-0.39, 0.29) is 22.9 Å². The molecule has 1 amide bonds. The Balaban J connectivity index is 0.00000364. The number of carbonyl (C=O) groups is 1. The van der Waals surface area contributed by atoms with Gasteiger partial charge in [0.25, 0.3) is 5.91 Å². The van der Waals surface area contributed by atoms with E-state index in [9.17, 15) is 4.79 Å². The molecule has 1 N–H and O–H groups in total. The van der Waals surface area contributed by atoms with Crippen LogP contribution in [0, 0.1) is 20.8 Å². The third-order valence-corrected chi connectivity index (χ3v) is 5.59. The van der Waals surface area contributed by atoms with Crippen molar-refractivity contribution in [1.82, 2.24) is 0 Å². The first-order chi connectivity index (χ1) is 12.3. The van der Waals surface area contributed by atoms with Gasteiger partial charge in [0.1, 0.15) is 6.54 Å². The minimum atomic E-state index is 0. The van der Waals surface area contributed by atoms with Crippen LogP contribution in [0.5, 0.6) is 0 Å². The molecule has 0 fully saturated rings. The van der Waals surface area contributed by atoms with E-state index in [2.05, 4.69) is 38.2 Å². The molecule has 3 nitrogen and oxygen atoms in total. The number of benzene rings is 2. The highest BCUT2D eigenvalue weighted by Crippen LogP contribution is 2.24. The third kappa shape index (κ3) is 6.06. The fourth-order valence-corrected chi connectivity index (χ4v) is 3.77. The van der Waals surface area contributed by atoms with Gasteiger partial charge in [0.15, 0.2) is 6.54 Å². The number of amides is 1. The average Bonchev–Trinajstić information content (AvgIpc) is 2.59. The number of likely N-dealkylation sites (N-methyl/N-ethyl adjacent to an activating group) is 1. The van der Waals surface area contributed by atoms with Gasteiger partial charge in [-0.2, -0.15) is 0 Å². The second-order valence-electron chi connectivity index (χ2n) is 7.20. The maximum Gasteiger partial charge on any atom is 0.279 e. The summed E-state index contributed by atoms with van der Waals surface area (Å²) in [5.74, 6) is 0.0517. The second kappa shape index (κ2) is 10.3. The van der Waals surface area contributed by atoms with E-state index in [0.717, 1.165) is 47.0 Å². The van der Waals surface area contributed by atoms with Crippen molar-refractivity contribution in [3.8, 4) is 0 Å². The first-order valence-electron chi connectivity index (χ1n) is 9.26. The Bertz CT molecular complexity index is 765. The molecule has 0 aromatic heterocycles. The summed E-state index contributed by atoms with van der Waals surface area (Å²) in [4.78, 5) is 12.9. The molecule has 0 saturated carbocycles. The van der Waals surface area contributed by atoms with Crippen LogP contribution in [0.2, 0.25) is 5.02 Å².